The second kappa shape index (κ2) is 12.7. The maximum absolute atomic E-state index is 17.2. The third kappa shape index (κ3) is 5.54. The number of rotatable bonds is 5. The number of nitrogen functional groups attached to an aromatic ring is 1. The molecule has 274 valence electrons. The fourth-order valence-electron chi connectivity index (χ4n) is 9.14. The Kier molecular flexibility index (Phi) is 8.17. The number of nitrogens with two attached hydrogens (primary N) is 1. The number of nitrogens with zero attached hydrogens (tertiary/aromatic N) is 9. The molecule has 4 aliphatic heterocycles. The minimum absolute atomic E-state index is 0.0210. The number of carbonyl (C=O) groups is 1. The molecule has 2 N–H and O–H groups in total. The number of hydrogen-bond donors (Lipinski definition) is 1. The number of anilines is 2. The van der Waals surface area contributed by atoms with Crippen molar-refractivity contribution in [2.24, 2.45) is 5.41 Å². The zero-order valence-electron chi connectivity index (χ0n) is 28.5. The Balaban J connectivity index is 1.14. The first-order valence-electron chi connectivity index (χ1n) is 17.6. The Morgan fingerprint density at radius 2 is 2.00 bits per heavy atom. The number of piperidine rings is 1. The van der Waals surface area contributed by atoms with E-state index in [1.165, 1.54) is 29.5 Å². The van der Waals surface area contributed by atoms with Gasteiger partial charge in [-0.3, -0.25) is 4.90 Å². The average Bonchev–Trinajstić information content (AvgIpc) is 3.98. The van der Waals surface area contributed by atoms with E-state index in [1.54, 1.807) is 11.0 Å². The number of benzene rings is 2. The molecule has 3 atom stereocenters. The molecule has 53 heavy (non-hydrogen) atoms. The molecule has 1 spiro atoms. The van der Waals surface area contributed by atoms with Crippen molar-refractivity contribution >= 4 is 60.8 Å². The predicted molar refractivity (Wildman–Crippen MR) is 194 cm³/mol. The number of carbonyl (C=O) groups excluding carboxylic acids is 1. The Bertz CT molecular complexity index is 2340. The lowest BCUT2D eigenvalue weighted by Gasteiger charge is -2.41. The van der Waals surface area contributed by atoms with E-state index in [4.69, 9.17) is 27.1 Å². The molecular weight excluding hydrogens is 729 g/mol. The van der Waals surface area contributed by atoms with E-state index in [0.29, 0.717) is 50.3 Å². The number of thiophene rings is 1. The summed E-state index contributed by atoms with van der Waals surface area (Å²) in [5, 5.41) is 14.6. The molecule has 0 saturated carbocycles. The number of amides is 1. The van der Waals surface area contributed by atoms with Crippen LogP contribution in [-0.4, -0.2) is 98.1 Å². The first-order chi connectivity index (χ1) is 25.6. The molecule has 1 unspecified atom stereocenters. The van der Waals surface area contributed by atoms with Crippen LogP contribution in [0.25, 0.3) is 32.1 Å². The number of ether oxygens (including phenoxy) is 1. The van der Waals surface area contributed by atoms with Crippen LogP contribution in [0.5, 0.6) is 6.01 Å². The molecule has 3 aromatic heterocycles. The largest absolute Gasteiger partial charge is 0.461 e. The molecule has 4 aliphatic rings. The quantitative estimate of drug-likeness (QED) is 0.214. The summed E-state index contributed by atoms with van der Waals surface area (Å²) in [5.74, 6) is -0.949. The molecule has 0 bridgehead atoms. The standard InChI is InChI=1S/C36H34ClF3N10O2S/c37-24-11-22-29(28(40)27(24)21-3-4-25(39)30-26(21)23(13-41)31(42)53-30)45-33(52-17-36-6-2-9-49(36)14-20(38)12-36)46-32(22)47-8-1-5-35(15-47)7-10-48(16-35)34(51)50-19-43-18-44-50/h3-4,11,18-20H,1-2,5-10,12,14-17,42H2/t20-,35?,36+/m1/s1. The van der Waals surface area contributed by atoms with E-state index in [1.807, 2.05) is 6.07 Å². The highest BCUT2D eigenvalue weighted by molar-refractivity contribution is 7.23. The molecule has 12 nitrogen and oxygen atoms in total. The molecule has 4 fully saturated rings. The van der Waals surface area contributed by atoms with Crippen LogP contribution in [0, 0.1) is 28.4 Å². The van der Waals surface area contributed by atoms with Crippen molar-refractivity contribution in [3.05, 3.63) is 53.1 Å². The van der Waals surface area contributed by atoms with Gasteiger partial charge in [-0.2, -0.15) is 25.0 Å². The zero-order valence-corrected chi connectivity index (χ0v) is 30.1. The Hall–Kier alpha value is -4.72. The van der Waals surface area contributed by atoms with Gasteiger partial charge in [0.1, 0.15) is 53.7 Å². The lowest BCUT2D eigenvalue weighted by Crippen LogP contribution is -2.46. The van der Waals surface area contributed by atoms with Crippen LogP contribution in [0.15, 0.2) is 30.9 Å². The topological polar surface area (TPSA) is 142 Å². The summed E-state index contributed by atoms with van der Waals surface area (Å²) < 4.78 is 54.5. The molecule has 9 rings (SSSR count). The second-order valence-electron chi connectivity index (χ2n) is 14.7. The van der Waals surface area contributed by atoms with Crippen molar-refractivity contribution in [2.75, 3.05) is 56.5 Å². The number of alkyl halides is 1. The number of aromatic nitrogens is 5. The summed E-state index contributed by atoms with van der Waals surface area (Å²) in [5.41, 5.74) is 5.48. The van der Waals surface area contributed by atoms with E-state index in [2.05, 4.69) is 24.9 Å². The summed E-state index contributed by atoms with van der Waals surface area (Å²) in [6.45, 7) is 3.45. The van der Waals surface area contributed by atoms with Crippen molar-refractivity contribution in [1.82, 2.24) is 34.5 Å². The van der Waals surface area contributed by atoms with Crippen molar-refractivity contribution < 1.29 is 22.7 Å². The van der Waals surface area contributed by atoms with Gasteiger partial charge in [0.25, 0.3) is 0 Å². The van der Waals surface area contributed by atoms with Crippen LogP contribution in [0.2, 0.25) is 5.02 Å². The van der Waals surface area contributed by atoms with Gasteiger partial charge in [0.05, 0.1) is 20.8 Å². The molecule has 0 aliphatic carbocycles. The molecule has 7 heterocycles. The fourth-order valence-corrected chi connectivity index (χ4v) is 10.4. The van der Waals surface area contributed by atoms with E-state index >= 15 is 4.39 Å². The van der Waals surface area contributed by atoms with E-state index in [-0.39, 0.29) is 66.4 Å². The maximum atomic E-state index is 17.2. The van der Waals surface area contributed by atoms with Gasteiger partial charge in [-0.1, -0.05) is 17.7 Å². The van der Waals surface area contributed by atoms with Gasteiger partial charge in [0.15, 0.2) is 5.82 Å². The SMILES string of the molecule is N#Cc1c(N)sc2c(F)ccc(-c3c(Cl)cc4c(N5CCCC6(CCN(C(=O)n7cncn7)C6)C5)nc(OC[C@@]56CCCN5C[C@H](F)C6)nc4c3F)c12. The predicted octanol–water partition coefficient (Wildman–Crippen LogP) is 6.40. The number of nitriles is 1. The van der Waals surface area contributed by atoms with Crippen LogP contribution in [0.1, 0.15) is 44.1 Å². The van der Waals surface area contributed by atoms with Crippen molar-refractivity contribution in [1.29, 1.82) is 5.26 Å². The van der Waals surface area contributed by atoms with Crippen LogP contribution < -0.4 is 15.4 Å². The zero-order chi connectivity index (χ0) is 36.6. The van der Waals surface area contributed by atoms with Crippen LogP contribution in [-0.2, 0) is 0 Å². The molecule has 5 aromatic rings. The minimum atomic E-state index is -0.960. The first-order valence-corrected chi connectivity index (χ1v) is 18.8. The molecule has 4 saturated heterocycles. The third-order valence-corrected chi connectivity index (χ3v) is 12.9. The van der Waals surface area contributed by atoms with Crippen molar-refractivity contribution in [3.8, 4) is 23.2 Å². The second-order valence-corrected chi connectivity index (χ2v) is 16.2. The van der Waals surface area contributed by atoms with E-state index < -0.39 is 23.3 Å². The first kappa shape index (κ1) is 34.1. The third-order valence-electron chi connectivity index (χ3n) is 11.6. The summed E-state index contributed by atoms with van der Waals surface area (Å²) in [6, 6.07) is 5.93. The van der Waals surface area contributed by atoms with Gasteiger partial charge >= 0.3 is 12.0 Å². The molecule has 2 aromatic carbocycles. The molecule has 17 heteroatoms. The summed E-state index contributed by atoms with van der Waals surface area (Å²) in [4.78, 5) is 32.5. The highest BCUT2D eigenvalue weighted by Crippen LogP contribution is 2.47. The maximum Gasteiger partial charge on any atom is 0.346 e. The normalized spacial score (nSPS) is 24.5. The Labute approximate surface area is 310 Å². The van der Waals surface area contributed by atoms with Crippen LogP contribution in [0.4, 0.5) is 28.8 Å². The van der Waals surface area contributed by atoms with Gasteiger partial charge < -0.3 is 20.3 Å². The fraction of sp³-hybridized carbons (Fsp3) is 0.444. The monoisotopic (exact) mass is 762 g/mol. The van der Waals surface area contributed by atoms with Crippen LogP contribution >= 0.6 is 22.9 Å². The molecule has 0 radical (unpaired) electrons. The van der Waals surface area contributed by atoms with Gasteiger partial charge in [0.2, 0.25) is 0 Å². The van der Waals surface area contributed by atoms with Gasteiger partial charge in [-0.15, -0.1) is 11.3 Å². The Morgan fingerprint density at radius 1 is 1.15 bits per heavy atom. The van der Waals surface area contributed by atoms with Crippen LogP contribution in [0.3, 0.4) is 0 Å². The minimum Gasteiger partial charge on any atom is -0.461 e. The number of likely N-dealkylation sites (tertiary alicyclic amines) is 1. The van der Waals surface area contributed by atoms with Crippen molar-refractivity contribution in [2.45, 2.75) is 50.2 Å². The summed E-state index contributed by atoms with van der Waals surface area (Å²) >= 11 is 7.85. The molecular formula is C36H34ClF3N10O2S. The summed E-state index contributed by atoms with van der Waals surface area (Å²) in [6.07, 6.45) is 6.21. The summed E-state index contributed by atoms with van der Waals surface area (Å²) in [7, 11) is 0. The number of fused-ring (bicyclic) bond motifs is 3. The van der Waals surface area contributed by atoms with Crippen molar-refractivity contribution in [3.63, 3.8) is 0 Å². The lowest BCUT2D eigenvalue weighted by molar-refractivity contribution is 0.107. The average molecular weight is 763 g/mol. The van der Waals surface area contributed by atoms with Gasteiger partial charge in [-0.25, -0.2) is 22.9 Å². The molecule has 1 amide bonds. The highest BCUT2D eigenvalue weighted by Gasteiger charge is 2.50. The Morgan fingerprint density at radius 3 is 2.81 bits per heavy atom. The number of halogens is 4. The van der Waals surface area contributed by atoms with E-state index in [9.17, 15) is 18.8 Å². The van der Waals surface area contributed by atoms with Gasteiger partial charge in [-0.05, 0) is 56.3 Å². The van der Waals surface area contributed by atoms with Gasteiger partial charge in [0, 0.05) is 60.9 Å². The highest BCUT2D eigenvalue weighted by atomic mass is 35.5. The smallest absolute Gasteiger partial charge is 0.346 e. The lowest BCUT2D eigenvalue weighted by atomic mass is 9.79. The number of hydrogen-bond acceptors (Lipinski definition) is 11. The van der Waals surface area contributed by atoms with E-state index in [0.717, 1.165) is 50.0 Å².